The lowest BCUT2D eigenvalue weighted by Crippen LogP contribution is -2.53. The van der Waals surface area contributed by atoms with Crippen molar-refractivity contribution < 1.29 is 53.9 Å². The second-order valence-electron chi connectivity index (χ2n) is 20.8. The normalized spacial score (nSPS) is 28.5. The predicted molar refractivity (Wildman–Crippen MR) is 264 cm³/mol. The number of rotatable bonds is 21. The van der Waals surface area contributed by atoms with Crippen molar-refractivity contribution in [1.82, 2.24) is 24.9 Å². The van der Waals surface area contributed by atoms with Crippen LogP contribution in [-0.2, 0) is 39.9 Å². The number of allylic oxidation sites excluding steroid dienone is 1. The first-order valence-electron chi connectivity index (χ1n) is 25.2. The Morgan fingerprint density at radius 1 is 0.725 bits per heavy atom. The Bertz CT molecular complexity index is 2020. The van der Waals surface area contributed by atoms with E-state index in [2.05, 4.69) is 24.5 Å². The van der Waals surface area contributed by atoms with Crippen LogP contribution in [0.1, 0.15) is 96.5 Å². The van der Waals surface area contributed by atoms with Gasteiger partial charge in [-0.15, -0.1) is 0 Å². The van der Waals surface area contributed by atoms with Crippen LogP contribution in [0.4, 0.5) is 5.69 Å². The predicted octanol–water partition coefficient (Wildman–Crippen LogP) is 4.74. The standard InChI is InChI=1S/C51H76N6O11S/c1-50-17-15-39(58)28-36(50)9-12-40-41-13-14-43(51(41,2)18-16-42(40)50)44(59)34-68-26-6-4-3-5-19-52-49(69)53-37-10-7-35(8-11-37)27-38-29-56(32-47(64)65)23-22-54(30-45(60)61)20-21-55(31-46(62)63)24-25-57(38)33-48(66)67/h7-8,10-11,28,38,40-43H,3-6,9,12-27,29-34H2,1-2H3,(H,60,61)(H,62,63)(H,64,65)(H,66,67)(H2,52,53,69)/t38?,40?,41?,42?,43-,50+,51+/m1/s1. The molecular weight excluding hydrogens is 905 g/mol. The maximum atomic E-state index is 13.6. The Hall–Kier alpha value is -4.33. The first-order chi connectivity index (χ1) is 32.9. The van der Waals surface area contributed by atoms with E-state index in [1.165, 1.54) is 5.57 Å². The number of nitrogens with one attached hydrogen (secondary N) is 2. The molecule has 1 aromatic rings. The molecule has 0 aromatic heterocycles. The number of thiocarbonyl (C=S) groups is 1. The van der Waals surface area contributed by atoms with Crippen LogP contribution >= 0.6 is 12.2 Å². The van der Waals surface area contributed by atoms with Crippen molar-refractivity contribution in [2.24, 2.45) is 34.5 Å². The summed E-state index contributed by atoms with van der Waals surface area (Å²) in [6.45, 7) is 6.53. The summed E-state index contributed by atoms with van der Waals surface area (Å²) in [7, 11) is 0. The zero-order valence-corrected chi connectivity index (χ0v) is 41.5. The zero-order chi connectivity index (χ0) is 49.7. The van der Waals surface area contributed by atoms with Crippen molar-refractivity contribution >= 4 is 58.5 Å². The molecule has 18 heteroatoms. The Labute approximate surface area is 412 Å². The molecule has 1 aromatic carbocycles. The molecule has 3 saturated carbocycles. The molecule has 5 aliphatic rings. The molecule has 0 radical (unpaired) electrons. The zero-order valence-electron chi connectivity index (χ0n) is 40.7. The number of carboxylic acids is 4. The van der Waals surface area contributed by atoms with E-state index in [0.717, 1.165) is 81.9 Å². The number of carbonyl (C=O) groups is 6. The van der Waals surface area contributed by atoms with E-state index in [9.17, 15) is 49.2 Å². The highest BCUT2D eigenvalue weighted by molar-refractivity contribution is 7.80. The van der Waals surface area contributed by atoms with Gasteiger partial charge in [0.2, 0.25) is 0 Å². The third-order valence-corrected chi connectivity index (χ3v) is 16.6. The van der Waals surface area contributed by atoms with Gasteiger partial charge in [0.05, 0.1) is 26.2 Å². The molecule has 0 amide bonds. The molecule has 7 atom stereocenters. The van der Waals surface area contributed by atoms with Crippen molar-refractivity contribution in [3.63, 3.8) is 0 Å². The number of nitrogens with zero attached hydrogens (tertiary/aromatic N) is 4. The van der Waals surface area contributed by atoms with Crippen LogP contribution in [0.15, 0.2) is 35.9 Å². The van der Waals surface area contributed by atoms with Gasteiger partial charge < -0.3 is 35.8 Å². The summed E-state index contributed by atoms with van der Waals surface area (Å²) in [5.74, 6) is -1.77. The molecule has 1 aliphatic heterocycles. The maximum Gasteiger partial charge on any atom is 0.317 e. The van der Waals surface area contributed by atoms with Gasteiger partial charge in [-0.3, -0.25) is 48.4 Å². The third kappa shape index (κ3) is 15.1. The van der Waals surface area contributed by atoms with Gasteiger partial charge in [0.1, 0.15) is 6.61 Å². The van der Waals surface area contributed by atoms with Gasteiger partial charge >= 0.3 is 23.9 Å². The largest absolute Gasteiger partial charge is 0.480 e. The lowest BCUT2D eigenvalue weighted by atomic mass is 9.46. The van der Waals surface area contributed by atoms with Gasteiger partial charge in [-0.1, -0.05) is 44.4 Å². The number of hydrogen-bond acceptors (Lipinski definition) is 12. The molecule has 4 fully saturated rings. The van der Waals surface area contributed by atoms with Crippen molar-refractivity contribution in [3.05, 3.63) is 41.5 Å². The average Bonchev–Trinajstić information content (AvgIpc) is 3.64. The number of carbonyl (C=O) groups excluding carboxylic acids is 2. The molecule has 0 bridgehead atoms. The number of aliphatic carboxylic acids is 4. The second kappa shape index (κ2) is 25.2. The first-order valence-corrected chi connectivity index (χ1v) is 25.6. The van der Waals surface area contributed by atoms with Crippen molar-refractivity contribution in [3.8, 4) is 0 Å². The van der Waals surface area contributed by atoms with Gasteiger partial charge in [0.15, 0.2) is 16.7 Å². The quantitative estimate of drug-likeness (QED) is 0.0722. The highest BCUT2D eigenvalue weighted by Crippen LogP contribution is 2.66. The molecule has 0 spiro atoms. The van der Waals surface area contributed by atoms with Crippen molar-refractivity contribution in [2.45, 2.75) is 103 Å². The lowest BCUT2D eigenvalue weighted by molar-refractivity contribution is -0.142. The molecule has 17 nitrogen and oxygen atoms in total. The lowest BCUT2D eigenvalue weighted by Gasteiger charge is -2.58. The molecule has 1 saturated heterocycles. The van der Waals surface area contributed by atoms with Crippen LogP contribution < -0.4 is 10.6 Å². The number of unbranched alkanes of at least 4 members (excludes halogenated alkanes) is 3. The van der Waals surface area contributed by atoms with E-state index in [1.807, 2.05) is 30.3 Å². The second-order valence-corrected chi connectivity index (χ2v) is 21.3. The van der Waals surface area contributed by atoms with Crippen LogP contribution in [0, 0.1) is 34.5 Å². The minimum atomic E-state index is -1.07. The summed E-state index contributed by atoms with van der Waals surface area (Å²) < 4.78 is 5.97. The number of hydrogen-bond donors (Lipinski definition) is 6. The minimum Gasteiger partial charge on any atom is -0.480 e. The van der Waals surface area contributed by atoms with Gasteiger partial charge in [0.25, 0.3) is 0 Å². The van der Waals surface area contributed by atoms with Gasteiger partial charge in [-0.05, 0) is 129 Å². The molecule has 6 rings (SSSR count). The van der Waals surface area contributed by atoms with E-state index >= 15 is 0 Å². The molecule has 6 N–H and O–H groups in total. The summed E-state index contributed by atoms with van der Waals surface area (Å²) in [5.41, 5.74) is 3.20. The molecule has 4 aliphatic carbocycles. The number of Topliss-reactive ketones (excluding diaryl/α,β-unsaturated/α-hetero) is 1. The Morgan fingerprint density at radius 3 is 2.01 bits per heavy atom. The van der Waals surface area contributed by atoms with Crippen LogP contribution in [0.5, 0.6) is 0 Å². The highest BCUT2D eigenvalue weighted by Gasteiger charge is 2.60. The smallest absolute Gasteiger partial charge is 0.317 e. The van der Waals surface area contributed by atoms with Crippen LogP contribution in [0.25, 0.3) is 0 Å². The summed E-state index contributed by atoms with van der Waals surface area (Å²) >= 11 is 5.57. The van der Waals surface area contributed by atoms with Gasteiger partial charge in [-0.2, -0.15) is 0 Å². The van der Waals surface area contributed by atoms with Crippen LogP contribution in [0.3, 0.4) is 0 Å². The van der Waals surface area contributed by atoms with E-state index in [1.54, 1.807) is 19.6 Å². The van der Waals surface area contributed by atoms with E-state index in [-0.39, 0.29) is 101 Å². The topological polar surface area (TPSA) is 230 Å². The minimum absolute atomic E-state index is 0.0415. The number of ether oxygens (including phenoxy) is 1. The Morgan fingerprint density at radius 2 is 1.35 bits per heavy atom. The highest BCUT2D eigenvalue weighted by atomic mass is 32.1. The first kappa shape index (κ1) is 54.0. The average molecular weight is 981 g/mol. The summed E-state index contributed by atoms with van der Waals surface area (Å²) in [4.78, 5) is 80.0. The summed E-state index contributed by atoms with van der Waals surface area (Å²) in [6, 6.07) is 7.10. The molecular formula is C51H76N6O11S. The molecule has 1 heterocycles. The fraction of sp³-hybridized carbons (Fsp3) is 0.706. The molecule has 4 unspecified atom stereocenters. The Kier molecular flexibility index (Phi) is 19.7. The SMILES string of the molecule is C[C@]12CCC(=O)C=C1CCC1C2CC[C@@]2(C)C1CC[C@@H]2C(=O)COCCCCCCNC(=S)Nc1ccc(CC2CN(CC(=O)O)CCN(CC(=O)O)CCN(CC(=O)O)CCN2CC(=O)O)cc1. The number of carboxylic acid groups (broad SMARTS) is 4. The fourth-order valence-electron chi connectivity index (χ4n) is 12.8. The van der Waals surface area contributed by atoms with Crippen LogP contribution in [0.2, 0.25) is 0 Å². The van der Waals surface area contributed by atoms with Gasteiger partial charge in [0, 0.05) is 83.0 Å². The van der Waals surface area contributed by atoms with E-state index < -0.39 is 29.9 Å². The number of anilines is 1. The molecule has 382 valence electrons. The number of benzene rings is 1. The van der Waals surface area contributed by atoms with Crippen molar-refractivity contribution in [2.75, 3.05) is 97.1 Å². The Balaban J connectivity index is 0.911. The molecule has 69 heavy (non-hydrogen) atoms. The van der Waals surface area contributed by atoms with E-state index in [4.69, 9.17) is 17.0 Å². The van der Waals surface area contributed by atoms with Gasteiger partial charge in [-0.25, -0.2) is 0 Å². The summed E-state index contributed by atoms with van der Waals surface area (Å²) in [6.07, 6.45) is 14.2. The van der Waals surface area contributed by atoms with Crippen molar-refractivity contribution in [1.29, 1.82) is 0 Å². The third-order valence-electron chi connectivity index (χ3n) is 16.3. The monoisotopic (exact) mass is 981 g/mol. The maximum absolute atomic E-state index is 13.6. The number of ketones is 2. The number of fused-ring (bicyclic) bond motifs is 5. The van der Waals surface area contributed by atoms with E-state index in [0.29, 0.717) is 54.6 Å². The fourth-order valence-corrected chi connectivity index (χ4v) is 13.0. The summed E-state index contributed by atoms with van der Waals surface area (Å²) in [5, 5.41) is 45.7. The van der Waals surface area contributed by atoms with Crippen LogP contribution in [-0.4, -0.2) is 178 Å².